The van der Waals surface area contributed by atoms with Crippen LogP contribution in [0.25, 0.3) is 0 Å². The van der Waals surface area contributed by atoms with Gasteiger partial charge in [-0.15, -0.1) is 0 Å². The molecule has 0 aromatic rings. The minimum Gasteiger partial charge on any atom is -0.368 e. The zero-order valence-corrected chi connectivity index (χ0v) is 13.7. The monoisotopic (exact) mass is 283 g/mol. The van der Waals surface area contributed by atoms with Crippen molar-refractivity contribution in [2.75, 3.05) is 19.6 Å². The van der Waals surface area contributed by atoms with Crippen LogP contribution in [0.3, 0.4) is 0 Å². The first-order chi connectivity index (χ1) is 9.37. The average molecular weight is 283 g/mol. The fraction of sp³-hybridized carbons (Fsp3) is 0.938. The number of amides is 1. The van der Waals surface area contributed by atoms with Gasteiger partial charge >= 0.3 is 0 Å². The second-order valence-electron chi connectivity index (χ2n) is 6.79. The van der Waals surface area contributed by atoms with Gasteiger partial charge in [-0.05, 0) is 65.5 Å². The van der Waals surface area contributed by atoms with E-state index < -0.39 is 5.54 Å². The fourth-order valence-corrected chi connectivity index (χ4v) is 2.98. The maximum absolute atomic E-state index is 11.7. The molecule has 1 saturated carbocycles. The van der Waals surface area contributed by atoms with Crippen LogP contribution in [-0.4, -0.2) is 42.0 Å². The molecule has 1 aliphatic rings. The first-order valence-corrected chi connectivity index (χ1v) is 8.17. The molecule has 1 aliphatic carbocycles. The summed E-state index contributed by atoms with van der Waals surface area (Å²) in [6.45, 7) is 11.6. The Labute approximate surface area is 124 Å². The highest BCUT2D eigenvalue weighted by atomic mass is 16.1. The third kappa shape index (κ3) is 5.41. The molecule has 0 saturated heterocycles. The number of nitrogens with two attached hydrogens (primary N) is 1. The van der Waals surface area contributed by atoms with Crippen molar-refractivity contribution in [3.63, 3.8) is 0 Å². The minimum absolute atomic E-state index is 0.242. The number of rotatable bonds is 10. The van der Waals surface area contributed by atoms with Crippen LogP contribution in [0, 0.1) is 5.92 Å². The number of hydrogen-bond donors (Lipinski definition) is 2. The lowest BCUT2D eigenvalue weighted by Gasteiger charge is -2.33. The molecule has 0 heterocycles. The Hall–Kier alpha value is -0.610. The highest BCUT2D eigenvalue weighted by molar-refractivity contribution is 5.84. The molecule has 0 spiro atoms. The van der Waals surface area contributed by atoms with Crippen molar-refractivity contribution >= 4 is 5.91 Å². The quantitative estimate of drug-likeness (QED) is 0.646. The van der Waals surface area contributed by atoms with Crippen LogP contribution in [0.5, 0.6) is 0 Å². The predicted molar refractivity (Wildman–Crippen MR) is 84.6 cm³/mol. The fourth-order valence-electron chi connectivity index (χ4n) is 2.98. The molecule has 4 heteroatoms. The molecule has 20 heavy (non-hydrogen) atoms. The smallest absolute Gasteiger partial charge is 0.237 e. The summed E-state index contributed by atoms with van der Waals surface area (Å²) in [6.07, 6.45) is 6.01. The minimum atomic E-state index is -0.579. The Balaban J connectivity index is 2.36. The van der Waals surface area contributed by atoms with E-state index >= 15 is 0 Å². The summed E-state index contributed by atoms with van der Waals surface area (Å²) in [5, 5.41) is 3.32. The van der Waals surface area contributed by atoms with E-state index in [1.54, 1.807) is 0 Å². The van der Waals surface area contributed by atoms with Crippen molar-refractivity contribution in [1.29, 1.82) is 0 Å². The Morgan fingerprint density at radius 2 is 2.10 bits per heavy atom. The topological polar surface area (TPSA) is 58.4 Å². The lowest BCUT2D eigenvalue weighted by atomic mass is 9.85. The lowest BCUT2D eigenvalue weighted by Crippen LogP contribution is -2.55. The van der Waals surface area contributed by atoms with Crippen LogP contribution < -0.4 is 11.1 Å². The van der Waals surface area contributed by atoms with Crippen molar-refractivity contribution in [2.24, 2.45) is 11.7 Å². The van der Waals surface area contributed by atoms with Gasteiger partial charge < -0.3 is 16.0 Å². The van der Waals surface area contributed by atoms with E-state index in [4.69, 9.17) is 5.73 Å². The predicted octanol–water partition coefficient (Wildman–Crippen LogP) is 2.13. The Morgan fingerprint density at radius 3 is 2.50 bits per heavy atom. The van der Waals surface area contributed by atoms with Crippen LogP contribution in [0.15, 0.2) is 0 Å². The summed E-state index contributed by atoms with van der Waals surface area (Å²) in [5.74, 6) is 0.666. The van der Waals surface area contributed by atoms with Gasteiger partial charge in [-0.3, -0.25) is 4.79 Å². The molecular weight excluding hydrogens is 250 g/mol. The van der Waals surface area contributed by atoms with Crippen LogP contribution in [-0.2, 0) is 4.79 Å². The van der Waals surface area contributed by atoms with E-state index in [1.165, 1.54) is 25.8 Å². The number of hydrogen-bond acceptors (Lipinski definition) is 3. The van der Waals surface area contributed by atoms with Crippen LogP contribution >= 0.6 is 0 Å². The van der Waals surface area contributed by atoms with E-state index in [-0.39, 0.29) is 11.9 Å². The molecule has 0 aliphatic heterocycles. The number of carbonyl (C=O) groups is 1. The molecule has 1 rings (SSSR count). The number of nitrogens with one attached hydrogen (secondary N) is 1. The second kappa shape index (κ2) is 7.99. The van der Waals surface area contributed by atoms with Gasteiger partial charge in [-0.1, -0.05) is 13.3 Å². The van der Waals surface area contributed by atoms with Gasteiger partial charge in [0.1, 0.15) is 0 Å². The molecule has 0 aromatic heterocycles. The third-order valence-corrected chi connectivity index (χ3v) is 4.49. The lowest BCUT2D eigenvalue weighted by molar-refractivity contribution is -0.124. The molecule has 4 nitrogen and oxygen atoms in total. The number of nitrogens with zero attached hydrogens (tertiary/aromatic N) is 1. The van der Waals surface area contributed by atoms with Crippen LogP contribution in [0.2, 0.25) is 0 Å². The summed E-state index contributed by atoms with van der Waals surface area (Å²) in [4.78, 5) is 14.2. The van der Waals surface area contributed by atoms with Gasteiger partial charge in [0.25, 0.3) is 0 Å². The molecule has 118 valence electrons. The van der Waals surface area contributed by atoms with Crippen LogP contribution in [0.4, 0.5) is 0 Å². The Bertz CT molecular complexity index is 302. The van der Waals surface area contributed by atoms with Crippen molar-refractivity contribution in [3.05, 3.63) is 0 Å². The van der Waals surface area contributed by atoms with Gasteiger partial charge in [0.2, 0.25) is 5.91 Å². The van der Waals surface area contributed by atoms with Gasteiger partial charge in [0, 0.05) is 12.6 Å². The summed E-state index contributed by atoms with van der Waals surface area (Å²) in [7, 11) is 0. The maximum Gasteiger partial charge on any atom is 0.237 e. The first-order valence-electron chi connectivity index (χ1n) is 8.17. The van der Waals surface area contributed by atoms with Gasteiger partial charge in [-0.2, -0.15) is 0 Å². The zero-order chi connectivity index (χ0) is 15.2. The molecule has 3 N–H and O–H groups in total. The van der Waals surface area contributed by atoms with Crippen molar-refractivity contribution < 1.29 is 4.79 Å². The van der Waals surface area contributed by atoms with E-state index in [1.807, 2.05) is 6.92 Å². The average Bonchev–Trinajstić information content (AvgIpc) is 2.30. The molecule has 0 aromatic carbocycles. The Kier molecular flexibility index (Phi) is 6.96. The normalized spacial score (nSPS) is 19.1. The van der Waals surface area contributed by atoms with Crippen molar-refractivity contribution in [1.82, 2.24) is 10.2 Å². The molecule has 1 amide bonds. The highest BCUT2D eigenvalue weighted by Gasteiger charge is 2.31. The first kappa shape index (κ1) is 17.4. The highest BCUT2D eigenvalue weighted by Crippen LogP contribution is 2.27. The largest absolute Gasteiger partial charge is 0.368 e. The zero-order valence-electron chi connectivity index (χ0n) is 13.7. The van der Waals surface area contributed by atoms with Gasteiger partial charge in [0.05, 0.1) is 5.54 Å². The van der Waals surface area contributed by atoms with Gasteiger partial charge in [0.15, 0.2) is 0 Å². The molecule has 0 radical (unpaired) electrons. The SMILES string of the molecule is CCN(CCCC(C)(NC(C)C)C(N)=O)CC1CCC1. The molecule has 0 bridgehead atoms. The van der Waals surface area contributed by atoms with E-state index in [2.05, 4.69) is 31.0 Å². The summed E-state index contributed by atoms with van der Waals surface area (Å²) < 4.78 is 0. The summed E-state index contributed by atoms with van der Waals surface area (Å²) in [5.41, 5.74) is 4.99. The molecule has 1 unspecified atom stereocenters. The molecule has 1 fully saturated rings. The van der Waals surface area contributed by atoms with Crippen LogP contribution in [0.1, 0.15) is 59.8 Å². The standard InChI is InChI=1S/C16H33N3O/c1-5-19(12-14-8-6-9-14)11-7-10-16(4,15(17)20)18-13(2)3/h13-14,18H,5-12H2,1-4H3,(H2,17,20). The molecular formula is C16H33N3O. The van der Waals surface area contributed by atoms with E-state index in [0.717, 1.165) is 31.8 Å². The van der Waals surface area contributed by atoms with E-state index in [9.17, 15) is 4.79 Å². The van der Waals surface area contributed by atoms with Crippen molar-refractivity contribution in [3.8, 4) is 0 Å². The second-order valence-corrected chi connectivity index (χ2v) is 6.79. The third-order valence-electron chi connectivity index (χ3n) is 4.49. The van der Waals surface area contributed by atoms with Gasteiger partial charge in [-0.25, -0.2) is 0 Å². The number of primary amides is 1. The maximum atomic E-state index is 11.7. The number of carbonyl (C=O) groups excluding carboxylic acids is 1. The summed E-state index contributed by atoms with van der Waals surface area (Å²) in [6, 6.07) is 0.268. The summed E-state index contributed by atoms with van der Waals surface area (Å²) >= 11 is 0. The molecule has 1 atom stereocenters. The van der Waals surface area contributed by atoms with Crippen molar-refractivity contribution in [2.45, 2.75) is 71.4 Å². The Morgan fingerprint density at radius 1 is 1.45 bits per heavy atom. The van der Waals surface area contributed by atoms with E-state index in [0.29, 0.717) is 0 Å².